The molecular formula is C13H11ClN4O. The number of methoxy groups -OCH3 is 1. The summed E-state index contributed by atoms with van der Waals surface area (Å²) in [5.74, 6) is 0.836. The molecule has 0 aliphatic carbocycles. The maximum absolute atomic E-state index is 5.99. The van der Waals surface area contributed by atoms with Crippen LogP contribution in [-0.2, 0) is 6.54 Å². The largest absolute Gasteiger partial charge is 0.497 e. The van der Waals surface area contributed by atoms with Crippen molar-refractivity contribution in [1.29, 1.82) is 0 Å². The van der Waals surface area contributed by atoms with Gasteiger partial charge in [0.15, 0.2) is 5.65 Å². The average Bonchev–Trinajstić information content (AvgIpc) is 2.84. The summed E-state index contributed by atoms with van der Waals surface area (Å²) in [6.45, 7) is 0.649. The molecule has 0 amide bonds. The van der Waals surface area contributed by atoms with Gasteiger partial charge in [-0.1, -0.05) is 23.7 Å². The van der Waals surface area contributed by atoms with Crippen molar-refractivity contribution in [3.63, 3.8) is 0 Å². The molecule has 0 aliphatic rings. The van der Waals surface area contributed by atoms with Crippen LogP contribution in [0.3, 0.4) is 0 Å². The number of rotatable bonds is 3. The third-order valence-electron chi connectivity index (χ3n) is 2.82. The minimum atomic E-state index is 0.422. The van der Waals surface area contributed by atoms with Crippen LogP contribution in [0.25, 0.3) is 11.0 Å². The first-order valence-corrected chi connectivity index (χ1v) is 6.10. The summed E-state index contributed by atoms with van der Waals surface area (Å²) >= 11 is 5.99. The van der Waals surface area contributed by atoms with E-state index in [4.69, 9.17) is 16.3 Å². The van der Waals surface area contributed by atoms with E-state index in [0.717, 1.165) is 16.7 Å². The molecule has 1 aromatic carbocycles. The Labute approximate surface area is 114 Å². The van der Waals surface area contributed by atoms with E-state index in [9.17, 15) is 0 Å². The highest BCUT2D eigenvalue weighted by Gasteiger charge is 2.06. The second-order valence-corrected chi connectivity index (χ2v) is 4.43. The van der Waals surface area contributed by atoms with Gasteiger partial charge in [-0.05, 0) is 17.7 Å². The van der Waals surface area contributed by atoms with Gasteiger partial charge in [0.1, 0.15) is 17.2 Å². The van der Waals surface area contributed by atoms with Gasteiger partial charge >= 0.3 is 0 Å². The number of hydrogen-bond acceptors (Lipinski definition) is 4. The van der Waals surface area contributed by atoms with Crippen molar-refractivity contribution < 1.29 is 4.74 Å². The predicted octanol–water partition coefficient (Wildman–Crippen LogP) is 2.54. The van der Waals surface area contributed by atoms with E-state index in [1.807, 2.05) is 30.5 Å². The second-order valence-electron chi connectivity index (χ2n) is 4.08. The van der Waals surface area contributed by atoms with Crippen LogP contribution in [0.15, 0.2) is 36.8 Å². The lowest BCUT2D eigenvalue weighted by atomic mass is 10.2. The molecule has 0 saturated carbocycles. The number of ether oxygens (including phenoxy) is 1. The molecular weight excluding hydrogens is 264 g/mol. The Morgan fingerprint density at radius 2 is 2.00 bits per heavy atom. The second kappa shape index (κ2) is 4.85. The Bertz CT molecular complexity index is 708. The molecule has 0 unspecified atom stereocenters. The Kier molecular flexibility index (Phi) is 3.05. The normalized spacial score (nSPS) is 10.8. The van der Waals surface area contributed by atoms with Gasteiger partial charge in [0.05, 0.1) is 19.0 Å². The molecule has 6 heteroatoms. The topological polar surface area (TPSA) is 52.8 Å². The average molecular weight is 275 g/mol. The Hall–Kier alpha value is -2.14. The minimum absolute atomic E-state index is 0.422. The molecule has 0 bridgehead atoms. The minimum Gasteiger partial charge on any atom is -0.497 e. The van der Waals surface area contributed by atoms with Crippen LogP contribution in [-0.4, -0.2) is 26.9 Å². The van der Waals surface area contributed by atoms with Crippen LogP contribution in [0.4, 0.5) is 0 Å². The molecule has 0 atom stereocenters. The third-order valence-corrected chi connectivity index (χ3v) is 3.12. The molecule has 3 rings (SSSR count). The van der Waals surface area contributed by atoms with Crippen molar-refractivity contribution >= 4 is 22.6 Å². The zero-order valence-corrected chi connectivity index (χ0v) is 11.0. The van der Waals surface area contributed by atoms with Crippen LogP contribution in [0.2, 0.25) is 5.15 Å². The first-order valence-electron chi connectivity index (χ1n) is 5.73. The van der Waals surface area contributed by atoms with Gasteiger partial charge in [0.2, 0.25) is 0 Å². The molecule has 96 valence electrons. The molecule has 0 saturated heterocycles. The molecule has 0 aliphatic heterocycles. The molecule has 5 nitrogen and oxygen atoms in total. The molecule has 0 N–H and O–H groups in total. The van der Waals surface area contributed by atoms with E-state index >= 15 is 0 Å². The maximum atomic E-state index is 5.99. The lowest BCUT2D eigenvalue weighted by Crippen LogP contribution is -1.99. The van der Waals surface area contributed by atoms with Crippen molar-refractivity contribution in [2.75, 3.05) is 7.11 Å². The van der Waals surface area contributed by atoms with Crippen molar-refractivity contribution in [2.45, 2.75) is 6.54 Å². The van der Waals surface area contributed by atoms with Crippen LogP contribution in [0, 0.1) is 0 Å². The summed E-state index contributed by atoms with van der Waals surface area (Å²) in [4.78, 5) is 8.02. The monoisotopic (exact) mass is 274 g/mol. The van der Waals surface area contributed by atoms with E-state index in [2.05, 4.69) is 15.1 Å². The van der Waals surface area contributed by atoms with Crippen molar-refractivity contribution in [2.24, 2.45) is 0 Å². The highest BCUT2D eigenvalue weighted by Crippen LogP contribution is 2.18. The van der Waals surface area contributed by atoms with Gasteiger partial charge in [-0.2, -0.15) is 5.10 Å². The van der Waals surface area contributed by atoms with Gasteiger partial charge in [-0.15, -0.1) is 0 Å². The number of aromatic nitrogens is 4. The van der Waals surface area contributed by atoms with E-state index in [1.165, 1.54) is 6.33 Å². The summed E-state index contributed by atoms with van der Waals surface area (Å²) in [7, 11) is 1.65. The zero-order chi connectivity index (χ0) is 13.2. The molecule has 0 radical (unpaired) electrons. The number of fused-ring (bicyclic) bond motifs is 1. The third kappa shape index (κ3) is 2.37. The smallest absolute Gasteiger partial charge is 0.185 e. The molecule has 2 aromatic heterocycles. The van der Waals surface area contributed by atoms with Gasteiger partial charge < -0.3 is 4.74 Å². The van der Waals surface area contributed by atoms with Gasteiger partial charge in [-0.3, -0.25) is 4.68 Å². The standard InChI is InChI=1S/C13H11ClN4O/c1-19-10-4-2-9(3-5-10)6-18-7-11-12(14)15-8-16-13(11)17-18/h2-5,7-8H,6H2,1H3. The zero-order valence-electron chi connectivity index (χ0n) is 10.2. The van der Waals surface area contributed by atoms with E-state index in [1.54, 1.807) is 11.8 Å². The van der Waals surface area contributed by atoms with E-state index in [0.29, 0.717) is 17.3 Å². The van der Waals surface area contributed by atoms with Crippen LogP contribution in [0.1, 0.15) is 5.56 Å². The fraction of sp³-hybridized carbons (Fsp3) is 0.154. The Morgan fingerprint density at radius 3 is 2.68 bits per heavy atom. The van der Waals surface area contributed by atoms with Crippen LogP contribution in [0.5, 0.6) is 5.75 Å². The summed E-state index contributed by atoms with van der Waals surface area (Å²) in [5, 5.41) is 5.55. The molecule has 0 fully saturated rings. The lowest BCUT2D eigenvalue weighted by molar-refractivity contribution is 0.414. The number of nitrogens with zero attached hydrogens (tertiary/aromatic N) is 4. The summed E-state index contributed by atoms with van der Waals surface area (Å²) in [6, 6.07) is 7.84. The summed E-state index contributed by atoms with van der Waals surface area (Å²) < 4.78 is 6.92. The fourth-order valence-corrected chi connectivity index (χ4v) is 2.03. The van der Waals surface area contributed by atoms with Crippen LogP contribution >= 0.6 is 11.6 Å². The molecule has 2 heterocycles. The first-order chi connectivity index (χ1) is 9.26. The highest BCUT2D eigenvalue weighted by atomic mass is 35.5. The first kappa shape index (κ1) is 11.9. The van der Waals surface area contributed by atoms with Crippen molar-refractivity contribution in [3.8, 4) is 5.75 Å². The molecule has 19 heavy (non-hydrogen) atoms. The number of hydrogen-bond donors (Lipinski definition) is 0. The Balaban J connectivity index is 1.90. The van der Waals surface area contributed by atoms with Gasteiger partial charge in [0, 0.05) is 6.20 Å². The van der Waals surface area contributed by atoms with Gasteiger partial charge in [-0.25, -0.2) is 9.97 Å². The van der Waals surface area contributed by atoms with Crippen LogP contribution < -0.4 is 4.74 Å². The molecule has 0 spiro atoms. The number of halogens is 1. The summed E-state index contributed by atoms with van der Waals surface area (Å²) in [5.41, 5.74) is 1.73. The van der Waals surface area contributed by atoms with E-state index < -0.39 is 0 Å². The van der Waals surface area contributed by atoms with E-state index in [-0.39, 0.29) is 0 Å². The number of benzene rings is 1. The van der Waals surface area contributed by atoms with Crippen molar-refractivity contribution in [3.05, 3.63) is 47.5 Å². The highest BCUT2D eigenvalue weighted by molar-refractivity contribution is 6.33. The maximum Gasteiger partial charge on any atom is 0.185 e. The quantitative estimate of drug-likeness (QED) is 0.689. The van der Waals surface area contributed by atoms with Gasteiger partial charge in [0.25, 0.3) is 0 Å². The fourth-order valence-electron chi connectivity index (χ4n) is 1.85. The predicted molar refractivity (Wildman–Crippen MR) is 72.4 cm³/mol. The molecule has 3 aromatic rings. The SMILES string of the molecule is COc1ccc(Cn2cc3c(Cl)ncnc3n2)cc1. The van der Waals surface area contributed by atoms with Crippen molar-refractivity contribution in [1.82, 2.24) is 19.7 Å². The Morgan fingerprint density at radius 1 is 1.21 bits per heavy atom. The summed E-state index contributed by atoms with van der Waals surface area (Å²) in [6.07, 6.45) is 3.26. The lowest BCUT2D eigenvalue weighted by Gasteiger charge is -2.03.